The number of carbonyl (C=O) groups excluding carboxylic acids is 1. The minimum Gasteiger partial charge on any atom is -0.447 e. The summed E-state index contributed by atoms with van der Waals surface area (Å²) >= 11 is 0. The van der Waals surface area contributed by atoms with Crippen LogP contribution in [0, 0.1) is 0 Å². The van der Waals surface area contributed by atoms with Crippen molar-refractivity contribution in [1.29, 1.82) is 0 Å². The third kappa shape index (κ3) is 29.5. The zero-order valence-electron chi connectivity index (χ0n) is 24.3. The first-order valence-electron chi connectivity index (χ1n) is 16.2. The van der Waals surface area contributed by atoms with E-state index in [0.717, 1.165) is 25.7 Å². The Balaban J connectivity index is 3.27. The summed E-state index contributed by atoms with van der Waals surface area (Å²) in [5, 5.41) is 0. The molecule has 0 aromatic rings. The number of unbranched alkanes of at least 4 members (excludes halogenated alkanes) is 24. The minimum absolute atomic E-state index is 0.102. The van der Waals surface area contributed by atoms with Crippen LogP contribution in [0.5, 0.6) is 0 Å². The Morgan fingerprint density at radius 2 is 0.771 bits per heavy atom. The van der Waals surface area contributed by atoms with E-state index in [9.17, 15) is 4.79 Å². The molecule has 0 bridgehead atoms. The topological polar surface area (TPSA) is 52.3 Å². The molecular formula is C32H65NO2. The van der Waals surface area contributed by atoms with Crippen LogP contribution in [0.25, 0.3) is 0 Å². The van der Waals surface area contributed by atoms with Crippen LogP contribution in [0.4, 0.5) is 0 Å². The van der Waals surface area contributed by atoms with Gasteiger partial charge in [0.2, 0.25) is 0 Å². The highest BCUT2D eigenvalue weighted by atomic mass is 16.6. The second-order valence-electron chi connectivity index (χ2n) is 11.1. The smallest absolute Gasteiger partial charge is 0.307 e. The van der Waals surface area contributed by atoms with Crippen LogP contribution in [0.2, 0.25) is 0 Å². The molecule has 0 saturated heterocycles. The normalized spacial score (nSPS) is 12.2. The fraction of sp³-hybridized carbons (Fsp3) is 0.969. The molecule has 0 rings (SSSR count). The van der Waals surface area contributed by atoms with Gasteiger partial charge in [-0.1, -0.05) is 168 Å². The summed E-state index contributed by atoms with van der Waals surface area (Å²) in [5.41, 5.74) is 6.01. The van der Waals surface area contributed by atoms with Crippen LogP contribution in [0.1, 0.15) is 194 Å². The molecule has 0 radical (unpaired) electrons. The summed E-state index contributed by atoms with van der Waals surface area (Å²) in [6.07, 6.45) is 35.7. The Bertz CT molecular complexity index is 412. The maximum Gasteiger partial charge on any atom is 0.307 e. The number of nitrogens with two attached hydrogens (primary N) is 1. The van der Waals surface area contributed by atoms with E-state index >= 15 is 0 Å². The molecule has 0 spiro atoms. The van der Waals surface area contributed by atoms with Crippen molar-refractivity contribution in [3.05, 3.63) is 0 Å². The van der Waals surface area contributed by atoms with Crippen molar-refractivity contribution in [3.8, 4) is 0 Å². The molecule has 0 heterocycles. The van der Waals surface area contributed by atoms with Crippen LogP contribution in [-0.4, -0.2) is 12.2 Å². The number of hydrogen-bond acceptors (Lipinski definition) is 3. The van der Waals surface area contributed by atoms with Crippen molar-refractivity contribution in [1.82, 2.24) is 0 Å². The zero-order chi connectivity index (χ0) is 25.7. The van der Waals surface area contributed by atoms with Gasteiger partial charge >= 0.3 is 5.97 Å². The van der Waals surface area contributed by atoms with Gasteiger partial charge in [-0.2, -0.15) is 0 Å². The van der Waals surface area contributed by atoms with Gasteiger partial charge in [0.1, 0.15) is 0 Å². The first-order valence-corrected chi connectivity index (χ1v) is 16.2. The van der Waals surface area contributed by atoms with Crippen LogP contribution in [0.15, 0.2) is 0 Å². The molecule has 210 valence electrons. The van der Waals surface area contributed by atoms with E-state index in [-0.39, 0.29) is 5.97 Å². The average molecular weight is 496 g/mol. The Morgan fingerprint density at radius 1 is 0.486 bits per heavy atom. The molecule has 0 saturated carbocycles. The van der Waals surface area contributed by atoms with Crippen molar-refractivity contribution in [2.45, 2.75) is 200 Å². The van der Waals surface area contributed by atoms with Crippen molar-refractivity contribution in [3.63, 3.8) is 0 Å². The van der Waals surface area contributed by atoms with Gasteiger partial charge in [-0.25, -0.2) is 0 Å². The van der Waals surface area contributed by atoms with Gasteiger partial charge < -0.3 is 4.74 Å². The Morgan fingerprint density at radius 3 is 1.11 bits per heavy atom. The van der Waals surface area contributed by atoms with E-state index in [2.05, 4.69) is 13.8 Å². The second kappa shape index (κ2) is 29.7. The summed E-state index contributed by atoms with van der Waals surface area (Å²) in [6, 6.07) is 0. The van der Waals surface area contributed by atoms with E-state index < -0.39 is 6.23 Å². The number of rotatable bonds is 29. The van der Waals surface area contributed by atoms with Crippen LogP contribution in [0.3, 0.4) is 0 Å². The summed E-state index contributed by atoms with van der Waals surface area (Å²) in [4.78, 5) is 12.0. The molecule has 0 amide bonds. The van der Waals surface area contributed by atoms with Gasteiger partial charge in [-0.05, 0) is 19.3 Å². The van der Waals surface area contributed by atoms with Crippen LogP contribution in [-0.2, 0) is 9.53 Å². The third-order valence-electron chi connectivity index (χ3n) is 7.36. The summed E-state index contributed by atoms with van der Waals surface area (Å²) in [6.45, 7) is 4.55. The lowest BCUT2D eigenvalue weighted by Gasteiger charge is -2.13. The number of hydrogen-bond donors (Lipinski definition) is 1. The van der Waals surface area contributed by atoms with Gasteiger partial charge in [0.15, 0.2) is 6.23 Å². The van der Waals surface area contributed by atoms with E-state index in [1.165, 1.54) is 148 Å². The van der Waals surface area contributed by atoms with Gasteiger partial charge in [0, 0.05) is 6.42 Å². The van der Waals surface area contributed by atoms with Gasteiger partial charge in [0.25, 0.3) is 0 Å². The average Bonchev–Trinajstić information content (AvgIpc) is 2.85. The fourth-order valence-electron chi connectivity index (χ4n) is 4.94. The Hall–Kier alpha value is -0.570. The second-order valence-corrected chi connectivity index (χ2v) is 11.1. The van der Waals surface area contributed by atoms with Gasteiger partial charge in [0.05, 0.1) is 0 Å². The molecule has 3 heteroatoms. The van der Waals surface area contributed by atoms with Crippen LogP contribution >= 0.6 is 0 Å². The molecule has 0 aliphatic rings. The summed E-state index contributed by atoms with van der Waals surface area (Å²) in [5.74, 6) is -0.102. The van der Waals surface area contributed by atoms with Crippen molar-refractivity contribution >= 4 is 5.97 Å². The van der Waals surface area contributed by atoms with Crippen molar-refractivity contribution in [2.75, 3.05) is 0 Å². The molecule has 0 aliphatic heterocycles. The van der Waals surface area contributed by atoms with E-state index in [1.54, 1.807) is 0 Å². The number of esters is 1. The molecule has 0 aromatic carbocycles. The standard InChI is InChI=1S/C32H65NO2/c1-3-5-7-9-11-13-15-16-17-18-20-21-23-25-27-29-31(33)35-32(34)30-28-26-24-22-19-14-12-10-8-6-4-2/h31H,3-30,33H2,1-2H3. The largest absolute Gasteiger partial charge is 0.447 e. The van der Waals surface area contributed by atoms with E-state index in [0.29, 0.717) is 6.42 Å². The lowest BCUT2D eigenvalue weighted by molar-refractivity contribution is -0.149. The zero-order valence-corrected chi connectivity index (χ0v) is 24.3. The number of ether oxygens (including phenoxy) is 1. The van der Waals surface area contributed by atoms with E-state index in [1.807, 2.05) is 0 Å². The predicted octanol–water partition coefficient (Wildman–Crippen LogP) is 10.8. The lowest BCUT2D eigenvalue weighted by atomic mass is 10.0. The molecule has 1 unspecified atom stereocenters. The Labute approximate surface area is 221 Å². The minimum atomic E-state index is -0.405. The molecule has 0 aliphatic carbocycles. The fourth-order valence-corrected chi connectivity index (χ4v) is 4.94. The maximum atomic E-state index is 12.0. The first-order chi connectivity index (χ1) is 17.2. The molecule has 1 atom stereocenters. The monoisotopic (exact) mass is 496 g/mol. The van der Waals surface area contributed by atoms with Crippen LogP contribution < -0.4 is 5.73 Å². The SMILES string of the molecule is CCCCCCCCCCCCCCCCCC(N)OC(=O)CCCCCCCCCCCCC. The third-order valence-corrected chi connectivity index (χ3v) is 7.36. The highest BCUT2D eigenvalue weighted by Gasteiger charge is 2.09. The van der Waals surface area contributed by atoms with Gasteiger partial charge in [-0.3, -0.25) is 10.5 Å². The molecule has 0 aromatic heterocycles. The lowest BCUT2D eigenvalue weighted by Crippen LogP contribution is -2.26. The molecular weight excluding hydrogens is 430 g/mol. The van der Waals surface area contributed by atoms with Crippen molar-refractivity contribution in [2.24, 2.45) is 5.73 Å². The summed E-state index contributed by atoms with van der Waals surface area (Å²) < 4.78 is 5.40. The van der Waals surface area contributed by atoms with Crippen molar-refractivity contribution < 1.29 is 9.53 Å². The molecule has 2 N–H and O–H groups in total. The quantitative estimate of drug-likeness (QED) is 0.0637. The molecule has 3 nitrogen and oxygen atoms in total. The summed E-state index contributed by atoms with van der Waals surface area (Å²) in [7, 11) is 0. The molecule has 0 fully saturated rings. The maximum absolute atomic E-state index is 12.0. The van der Waals surface area contributed by atoms with E-state index in [4.69, 9.17) is 10.5 Å². The predicted molar refractivity (Wildman–Crippen MR) is 155 cm³/mol. The molecule has 35 heavy (non-hydrogen) atoms. The number of carbonyl (C=O) groups is 1. The first kappa shape index (κ1) is 34.4. The van der Waals surface area contributed by atoms with Gasteiger partial charge in [-0.15, -0.1) is 0 Å². The highest BCUT2D eigenvalue weighted by molar-refractivity contribution is 5.69. The highest BCUT2D eigenvalue weighted by Crippen LogP contribution is 2.15. The Kier molecular flexibility index (Phi) is 29.2.